The van der Waals surface area contributed by atoms with Gasteiger partial charge in [-0.3, -0.25) is 0 Å². The fraction of sp³-hybridized carbons (Fsp3) is 0.0909. The number of benzene rings is 1. The molecule has 0 aliphatic rings. The summed E-state index contributed by atoms with van der Waals surface area (Å²) in [5, 5.41) is 0.725. The smallest absolute Gasteiger partial charge is 0.125 e. The molecule has 0 N–H and O–H groups in total. The maximum absolute atomic E-state index is 5.89. The van der Waals surface area contributed by atoms with Crippen LogP contribution in [-0.2, 0) is 0 Å². The molecule has 1 aromatic heterocycles. The third-order valence-corrected chi connectivity index (χ3v) is 2.17. The van der Waals surface area contributed by atoms with Gasteiger partial charge in [0.05, 0.1) is 0 Å². The van der Waals surface area contributed by atoms with E-state index in [1.807, 2.05) is 31.2 Å². The molecule has 0 fully saturated rings. The van der Waals surface area contributed by atoms with Gasteiger partial charge in [0.15, 0.2) is 0 Å². The predicted octanol–water partition coefficient (Wildman–Crippen LogP) is 3.11. The molecule has 0 atom stereocenters. The summed E-state index contributed by atoms with van der Waals surface area (Å²) in [7, 11) is 0. The number of halogens is 1. The lowest BCUT2D eigenvalue weighted by atomic mass is 10.1. The molecule has 2 nitrogen and oxygen atoms in total. The van der Waals surface area contributed by atoms with Gasteiger partial charge in [-0.15, -0.1) is 0 Å². The first kappa shape index (κ1) is 9.16. The van der Waals surface area contributed by atoms with Gasteiger partial charge >= 0.3 is 0 Å². The Bertz CT molecular complexity index is 437. The van der Waals surface area contributed by atoms with Crippen LogP contribution in [0.15, 0.2) is 36.7 Å². The van der Waals surface area contributed by atoms with Gasteiger partial charge in [0.25, 0.3) is 0 Å². The van der Waals surface area contributed by atoms with E-state index < -0.39 is 0 Å². The minimum Gasteiger partial charge on any atom is -0.241 e. The summed E-state index contributed by atoms with van der Waals surface area (Å²) < 4.78 is 0. The highest BCUT2D eigenvalue weighted by molar-refractivity contribution is 6.30. The Labute approximate surface area is 87.6 Å². The molecule has 2 rings (SSSR count). The lowest BCUT2D eigenvalue weighted by Gasteiger charge is -2.00. The summed E-state index contributed by atoms with van der Waals surface area (Å²) in [5.74, 6) is 0.774. The highest BCUT2D eigenvalue weighted by Gasteiger charge is 1.98. The zero-order valence-electron chi connectivity index (χ0n) is 7.74. The Kier molecular flexibility index (Phi) is 2.46. The van der Waals surface area contributed by atoms with E-state index in [1.165, 1.54) is 0 Å². The average molecular weight is 205 g/mol. The van der Waals surface area contributed by atoms with Crippen molar-refractivity contribution in [3.63, 3.8) is 0 Å². The van der Waals surface area contributed by atoms with E-state index >= 15 is 0 Å². The Morgan fingerprint density at radius 2 is 1.79 bits per heavy atom. The Morgan fingerprint density at radius 1 is 1.07 bits per heavy atom. The zero-order valence-corrected chi connectivity index (χ0v) is 8.49. The normalized spacial score (nSPS) is 10.1. The molecule has 0 aliphatic carbocycles. The second-order valence-corrected chi connectivity index (χ2v) is 3.47. The van der Waals surface area contributed by atoms with Gasteiger partial charge in [0, 0.05) is 23.0 Å². The molecule has 0 aliphatic heterocycles. The van der Waals surface area contributed by atoms with Crippen molar-refractivity contribution in [2.75, 3.05) is 0 Å². The molecular weight excluding hydrogens is 196 g/mol. The van der Waals surface area contributed by atoms with E-state index in [0.29, 0.717) is 0 Å². The first-order valence-electron chi connectivity index (χ1n) is 4.30. The van der Waals surface area contributed by atoms with E-state index in [4.69, 9.17) is 11.6 Å². The van der Waals surface area contributed by atoms with Crippen molar-refractivity contribution in [2.45, 2.75) is 6.92 Å². The van der Waals surface area contributed by atoms with Crippen molar-refractivity contribution < 1.29 is 0 Å². The molecule has 0 saturated carbocycles. The van der Waals surface area contributed by atoms with E-state index in [0.717, 1.165) is 22.0 Å². The second-order valence-electron chi connectivity index (χ2n) is 3.03. The molecule has 0 bridgehead atoms. The highest BCUT2D eigenvalue weighted by Crippen LogP contribution is 2.20. The lowest BCUT2D eigenvalue weighted by Crippen LogP contribution is -1.87. The van der Waals surface area contributed by atoms with Gasteiger partial charge in [-0.1, -0.05) is 23.7 Å². The fourth-order valence-electron chi connectivity index (χ4n) is 1.21. The zero-order chi connectivity index (χ0) is 9.97. The molecule has 0 saturated heterocycles. The SMILES string of the molecule is Cc1ncc(-c2cccc(Cl)c2)cn1. The van der Waals surface area contributed by atoms with Crippen LogP contribution in [0.1, 0.15) is 5.82 Å². The van der Waals surface area contributed by atoms with Crippen LogP contribution in [0.3, 0.4) is 0 Å². The largest absolute Gasteiger partial charge is 0.241 e. The van der Waals surface area contributed by atoms with Crippen molar-refractivity contribution in [3.05, 3.63) is 47.5 Å². The number of hydrogen-bond acceptors (Lipinski definition) is 2. The fourth-order valence-corrected chi connectivity index (χ4v) is 1.40. The van der Waals surface area contributed by atoms with E-state index in [9.17, 15) is 0 Å². The molecule has 3 heteroatoms. The van der Waals surface area contributed by atoms with Crippen LogP contribution in [0, 0.1) is 6.92 Å². The van der Waals surface area contributed by atoms with Gasteiger partial charge in [0.2, 0.25) is 0 Å². The molecule has 14 heavy (non-hydrogen) atoms. The topological polar surface area (TPSA) is 25.8 Å². The summed E-state index contributed by atoms with van der Waals surface area (Å²) in [4.78, 5) is 8.26. The molecule has 0 spiro atoms. The van der Waals surface area contributed by atoms with Gasteiger partial charge in [-0.05, 0) is 24.6 Å². The summed E-state index contributed by atoms with van der Waals surface area (Å²) in [6, 6.07) is 7.65. The molecule has 70 valence electrons. The summed E-state index contributed by atoms with van der Waals surface area (Å²) in [6.07, 6.45) is 3.60. The Morgan fingerprint density at radius 3 is 2.43 bits per heavy atom. The third-order valence-electron chi connectivity index (χ3n) is 1.94. The van der Waals surface area contributed by atoms with Crippen LogP contribution in [0.25, 0.3) is 11.1 Å². The third kappa shape index (κ3) is 1.91. The molecule has 0 unspecified atom stereocenters. The molecule has 2 aromatic rings. The minimum absolute atomic E-state index is 0.725. The van der Waals surface area contributed by atoms with Gasteiger partial charge in [-0.25, -0.2) is 9.97 Å². The molecule has 0 amide bonds. The van der Waals surface area contributed by atoms with Gasteiger partial charge < -0.3 is 0 Å². The maximum atomic E-state index is 5.89. The average Bonchev–Trinajstić information content (AvgIpc) is 2.19. The lowest BCUT2D eigenvalue weighted by molar-refractivity contribution is 1.06. The van der Waals surface area contributed by atoms with E-state index in [2.05, 4.69) is 9.97 Å². The Hall–Kier alpha value is -1.41. The van der Waals surface area contributed by atoms with Crippen LogP contribution in [0.4, 0.5) is 0 Å². The minimum atomic E-state index is 0.725. The predicted molar refractivity (Wildman–Crippen MR) is 57.2 cm³/mol. The van der Waals surface area contributed by atoms with Crippen LogP contribution in [0.2, 0.25) is 5.02 Å². The van der Waals surface area contributed by atoms with Crippen molar-refractivity contribution >= 4 is 11.6 Å². The van der Waals surface area contributed by atoms with Gasteiger partial charge in [-0.2, -0.15) is 0 Å². The highest BCUT2D eigenvalue weighted by atomic mass is 35.5. The van der Waals surface area contributed by atoms with E-state index in [-0.39, 0.29) is 0 Å². The number of rotatable bonds is 1. The molecular formula is C11H9ClN2. The van der Waals surface area contributed by atoms with Crippen LogP contribution in [-0.4, -0.2) is 9.97 Å². The summed E-state index contributed by atoms with van der Waals surface area (Å²) in [6.45, 7) is 1.86. The van der Waals surface area contributed by atoms with E-state index in [1.54, 1.807) is 12.4 Å². The first-order valence-corrected chi connectivity index (χ1v) is 4.68. The van der Waals surface area contributed by atoms with Crippen LogP contribution in [0.5, 0.6) is 0 Å². The van der Waals surface area contributed by atoms with Gasteiger partial charge in [0.1, 0.15) is 5.82 Å². The van der Waals surface area contributed by atoms with Crippen molar-refractivity contribution in [3.8, 4) is 11.1 Å². The Balaban J connectivity index is 2.44. The number of hydrogen-bond donors (Lipinski definition) is 0. The number of aryl methyl sites for hydroxylation is 1. The summed E-state index contributed by atoms with van der Waals surface area (Å²) in [5.41, 5.74) is 2.02. The molecule has 1 aromatic carbocycles. The second kappa shape index (κ2) is 3.76. The monoisotopic (exact) mass is 204 g/mol. The van der Waals surface area contributed by atoms with Crippen molar-refractivity contribution in [1.82, 2.24) is 9.97 Å². The molecule has 1 heterocycles. The first-order chi connectivity index (χ1) is 6.75. The van der Waals surface area contributed by atoms with Crippen LogP contribution < -0.4 is 0 Å². The molecule has 0 radical (unpaired) electrons. The van der Waals surface area contributed by atoms with Crippen molar-refractivity contribution in [2.24, 2.45) is 0 Å². The summed E-state index contributed by atoms with van der Waals surface area (Å²) >= 11 is 5.89. The quantitative estimate of drug-likeness (QED) is 0.714. The number of nitrogens with zero attached hydrogens (tertiary/aromatic N) is 2. The van der Waals surface area contributed by atoms with Crippen LogP contribution >= 0.6 is 11.6 Å². The maximum Gasteiger partial charge on any atom is 0.125 e. The number of aromatic nitrogens is 2. The standard InChI is InChI=1S/C11H9ClN2/c1-8-13-6-10(7-14-8)9-3-2-4-11(12)5-9/h2-7H,1H3. The van der Waals surface area contributed by atoms with Crippen molar-refractivity contribution in [1.29, 1.82) is 0 Å².